The Morgan fingerprint density at radius 3 is 2.50 bits per heavy atom. The van der Waals surface area contributed by atoms with Crippen LogP contribution < -0.4 is 0 Å². The van der Waals surface area contributed by atoms with Crippen LogP contribution in [0.5, 0.6) is 0 Å². The minimum atomic E-state index is -0.110. The number of carbonyl (C=O) groups is 1. The van der Waals surface area contributed by atoms with E-state index >= 15 is 0 Å². The molecule has 0 aliphatic carbocycles. The summed E-state index contributed by atoms with van der Waals surface area (Å²) in [5, 5.41) is 0. The standard InChI is InChI=1S/C9H18O3/c1-8(2)7-9(10)12-6-4-5-11-3/h8H,4-7H2,1-3H3. The zero-order valence-electron chi connectivity index (χ0n) is 8.13. The van der Waals surface area contributed by atoms with Crippen molar-refractivity contribution in [2.24, 2.45) is 5.92 Å². The molecule has 0 fully saturated rings. The zero-order valence-corrected chi connectivity index (χ0v) is 8.13. The first kappa shape index (κ1) is 11.4. The maximum absolute atomic E-state index is 11.0. The van der Waals surface area contributed by atoms with Gasteiger partial charge in [0, 0.05) is 26.6 Å². The average Bonchev–Trinajstić information content (AvgIpc) is 1.97. The van der Waals surface area contributed by atoms with Gasteiger partial charge in [-0.05, 0) is 5.92 Å². The van der Waals surface area contributed by atoms with Gasteiger partial charge in [-0.1, -0.05) is 13.8 Å². The molecule has 0 N–H and O–H groups in total. The number of carbonyl (C=O) groups excluding carboxylic acids is 1. The van der Waals surface area contributed by atoms with Crippen molar-refractivity contribution in [1.82, 2.24) is 0 Å². The summed E-state index contributed by atoms with van der Waals surface area (Å²) in [6.45, 7) is 5.11. The van der Waals surface area contributed by atoms with Crippen LogP contribution in [-0.2, 0) is 14.3 Å². The second kappa shape index (κ2) is 7.10. The molecule has 0 spiro atoms. The van der Waals surface area contributed by atoms with Crippen molar-refractivity contribution >= 4 is 5.97 Å². The third kappa shape index (κ3) is 7.54. The van der Waals surface area contributed by atoms with E-state index in [1.54, 1.807) is 7.11 Å². The highest BCUT2D eigenvalue weighted by atomic mass is 16.5. The first-order valence-electron chi connectivity index (χ1n) is 4.31. The van der Waals surface area contributed by atoms with Crippen LogP contribution in [0.3, 0.4) is 0 Å². The fraction of sp³-hybridized carbons (Fsp3) is 0.889. The molecule has 0 radical (unpaired) electrons. The van der Waals surface area contributed by atoms with Gasteiger partial charge in [0.15, 0.2) is 0 Å². The maximum Gasteiger partial charge on any atom is 0.306 e. The molecule has 0 heterocycles. The van der Waals surface area contributed by atoms with Crippen molar-refractivity contribution in [3.63, 3.8) is 0 Å². The van der Waals surface area contributed by atoms with Gasteiger partial charge in [0.1, 0.15) is 0 Å². The summed E-state index contributed by atoms with van der Waals surface area (Å²) in [4.78, 5) is 11.0. The topological polar surface area (TPSA) is 35.5 Å². The van der Waals surface area contributed by atoms with E-state index < -0.39 is 0 Å². The lowest BCUT2D eigenvalue weighted by molar-refractivity contribution is -0.144. The van der Waals surface area contributed by atoms with Crippen molar-refractivity contribution in [3.05, 3.63) is 0 Å². The zero-order chi connectivity index (χ0) is 9.40. The maximum atomic E-state index is 11.0. The molecular weight excluding hydrogens is 156 g/mol. The summed E-state index contributed by atoms with van der Waals surface area (Å²) in [5.74, 6) is 0.265. The van der Waals surface area contributed by atoms with Crippen LogP contribution >= 0.6 is 0 Å². The van der Waals surface area contributed by atoms with Crippen LogP contribution in [-0.4, -0.2) is 26.3 Å². The third-order valence-corrected chi connectivity index (χ3v) is 1.33. The molecule has 0 amide bonds. The highest BCUT2D eigenvalue weighted by Gasteiger charge is 2.04. The molecular formula is C9H18O3. The molecule has 3 nitrogen and oxygen atoms in total. The lowest BCUT2D eigenvalue weighted by atomic mass is 10.1. The Balaban J connectivity index is 3.20. The predicted octanol–water partition coefficient (Wildman–Crippen LogP) is 1.61. The van der Waals surface area contributed by atoms with E-state index in [0.717, 1.165) is 6.42 Å². The number of hydrogen-bond acceptors (Lipinski definition) is 3. The normalized spacial score (nSPS) is 10.3. The summed E-state index contributed by atoms with van der Waals surface area (Å²) < 4.78 is 9.75. The van der Waals surface area contributed by atoms with Crippen molar-refractivity contribution in [2.75, 3.05) is 20.3 Å². The summed E-state index contributed by atoms with van der Waals surface area (Å²) >= 11 is 0. The fourth-order valence-corrected chi connectivity index (χ4v) is 0.782. The van der Waals surface area contributed by atoms with Gasteiger partial charge in [0.05, 0.1) is 6.61 Å². The monoisotopic (exact) mass is 174 g/mol. The molecule has 0 rings (SSSR count). The molecule has 3 heteroatoms. The van der Waals surface area contributed by atoms with E-state index in [1.165, 1.54) is 0 Å². The molecule has 0 unspecified atom stereocenters. The van der Waals surface area contributed by atoms with Crippen molar-refractivity contribution in [1.29, 1.82) is 0 Å². The van der Waals surface area contributed by atoms with E-state index in [-0.39, 0.29) is 5.97 Å². The molecule has 12 heavy (non-hydrogen) atoms. The SMILES string of the molecule is COCCCOC(=O)CC(C)C. The Kier molecular flexibility index (Phi) is 6.76. The largest absolute Gasteiger partial charge is 0.466 e. The predicted molar refractivity (Wildman–Crippen MR) is 46.9 cm³/mol. The molecule has 0 aliphatic heterocycles. The Morgan fingerprint density at radius 1 is 1.33 bits per heavy atom. The second-order valence-corrected chi connectivity index (χ2v) is 3.16. The van der Waals surface area contributed by atoms with E-state index in [9.17, 15) is 4.79 Å². The van der Waals surface area contributed by atoms with Crippen LogP contribution in [0.15, 0.2) is 0 Å². The highest BCUT2D eigenvalue weighted by Crippen LogP contribution is 2.00. The minimum absolute atomic E-state index is 0.110. The third-order valence-electron chi connectivity index (χ3n) is 1.33. The number of hydrogen-bond donors (Lipinski definition) is 0. The van der Waals surface area contributed by atoms with Gasteiger partial charge >= 0.3 is 5.97 Å². The lowest BCUT2D eigenvalue weighted by Gasteiger charge is -2.05. The van der Waals surface area contributed by atoms with Gasteiger partial charge in [-0.3, -0.25) is 4.79 Å². The van der Waals surface area contributed by atoms with Crippen molar-refractivity contribution < 1.29 is 14.3 Å². The van der Waals surface area contributed by atoms with E-state index in [4.69, 9.17) is 9.47 Å². The Morgan fingerprint density at radius 2 is 2.00 bits per heavy atom. The Labute approximate surface area is 74.0 Å². The van der Waals surface area contributed by atoms with Crippen LogP contribution in [0.1, 0.15) is 26.7 Å². The average molecular weight is 174 g/mol. The van der Waals surface area contributed by atoms with Crippen LogP contribution in [0.4, 0.5) is 0 Å². The van der Waals surface area contributed by atoms with Crippen LogP contribution in [0, 0.1) is 5.92 Å². The smallest absolute Gasteiger partial charge is 0.306 e. The Bertz CT molecular complexity index is 121. The molecule has 0 saturated carbocycles. The van der Waals surface area contributed by atoms with Crippen molar-refractivity contribution in [2.45, 2.75) is 26.7 Å². The van der Waals surface area contributed by atoms with Crippen LogP contribution in [0.2, 0.25) is 0 Å². The molecule has 72 valence electrons. The lowest BCUT2D eigenvalue weighted by Crippen LogP contribution is -2.09. The molecule has 0 aromatic rings. The van der Waals surface area contributed by atoms with Gasteiger partial charge in [-0.2, -0.15) is 0 Å². The van der Waals surface area contributed by atoms with Gasteiger partial charge in [0.2, 0.25) is 0 Å². The molecule has 0 atom stereocenters. The number of methoxy groups -OCH3 is 1. The van der Waals surface area contributed by atoms with E-state index in [0.29, 0.717) is 25.6 Å². The van der Waals surface area contributed by atoms with Crippen LogP contribution in [0.25, 0.3) is 0 Å². The Hall–Kier alpha value is -0.570. The molecule has 0 saturated heterocycles. The molecule has 0 aromatic carbocycles. The van der Waals surface area contributed by atoms with Gasteiger partial charge in [0.25, 0.3) is 0 Å². The minimum Gasteiger partial charge on any atom is -0.466 e. The van der Waals surface area contributed by atoms with E-state index in [1.807, 2.05) is 13.8 Å². The quantitative estimate of drug-likeness (QED) is 0.453. The first-order chi connectivity index (χ1) is 5.66. The summed E-state index contributed by atoms with van der Waals surface area (Å²) in [6.07, 6.45) is 1.29. The number of rotatable bonds is 6. The molecule has 0 aliphatic rings. The van der Waals surface area contributed by atoms with Gasteiger partial charge < -0.3 is 9.47 Å². The number of esters is 1. The van der Waals surface area contributed by atoms with Gasteiger partial charge in [-0.15, -0.1) is 0 Å². The van der Waals surface area contributed by atoms with Gasteiger partial charge in [-0.25, -0.2) is 0 Å². The molecule has 0 bridgehead atoms. The molecule has 0 aromatic heterocycles. The number of ether oxygens (including phenoxy) is 2. The highest BCUT2D eigenvalue weighted by molar-refractivity contribution is 5.69. The first-order valence-corrected chi connectivity index (χ1v) is 4.31. The summed E-state index contributed by atoms with van der Waals surface area (Å²) in [5.41, 5.74) is 0. The van der Waals surface area contributed by atoms with E-state index in [2.05, 4.69) is 0 Å². The fourth-order valence-electron chi connectivity index (χ4n) is 0.782. The summed E-state index contributed by atoms with van der Waals surface area (Å²) in [7, 11) is 1.63. The second-order valence-electron chi connectivity index (χ2n) is 3.16. The summed E-state index contributed by atoms with van der Waals surface area (Å²) in [6, 6.07) is 0. The van der Waals surface area contributed by atoms with Crippen molar-refractivity contribution in [3.8, 4) is 0 Å².